The molecule has 0 heterocycles. The van der Waals surface area contributed by atoms with Crippen molar-refractivity contribution in [2.75, 3.05) is 0 Å². The monoisotopic (exact) mass is 394 g/mol. The molecule has 3 aromatic rings. The molecule has 0 nitrogen and oxygen atoms in total. The highest BCUT2D eigenvalue weighted by atomic mass is 14.1. The van der Waals surface area contributed by atoms with E-state index < -0.39 is 0 Å². The summed E-state index contributed by atoms with van der Waals surface area (Å²) in [4.78, 5) is 0. The van der Waals surface area contributed by atoms with Gasteiger partial charge in [-0.1, -0.05) is 108 Å². The van der Waals surface area contributed by atoms with Crippen molar-refractivity contribution in [2.45, 2.75) is 75.2 Å². The van der Waals surface area contributed by atoms with Crippen LogP contribution in [-0.2, 0) is 12.8 Å². The Hall–Kier alpha value is -2.34. The normalized spacial score (nSPS) is 10.1. The lowest BCUT2D eigenvalue weighted by molar-refractivity contribution is 1.07. The van der Waals surface area contributed by atoms with Gasteiger partial charge in [-0.05, 0) is 72.6 Å². The molecule has 0 spiro atoms. The van der Waals surface area contributed by atoms with Gasteiger partial charge in [0.15, 0.2) is 0 Å². The van der Waals surface area contributed by atoms with E-state index in [1.165, 1.54) is 27.8 Å². The third-order valence-corrected chi connectivity index (χ3v) is 4.67. The number of hydrogen-bond acceptors (Lipinski definition) is 0. The molecule has 0 amide bonds. The van der Waals surface area contributed by atoms with Gasteiger partial charge >= 0.3 is 0 Å². The van der Waals surface area contributed by atoms with Crippen molar-refractivity contribution in [1.82, 2.24) is 0 Å². The van der Waals surface area contributed by atoms with Gasteiger partial charge in [0.1, 0.15) is 0 Å². The standard InChI is InChI=1S/C23H24.3C2H6/c1-17-9-4-6-11-20(17)15-22-13-8-14-23(19(22)3)16-21-12-7-5-10-18(21)2;3*1-2/h4-14H,15-16H2,1-3H3;3*1-2H3/i9T,10T;;;. The Morgan fingerprint density at radius 1 is 0.517 bits per heavy atom. The summed E-state index contributed by atoms with van der Waals surface area (Å²) >= 11 is 0. The zero-order valence-corrected chi connectivity index (χ0v) is 20.1. The molecule has 29 heavy (non-hydrogen) atoms. The summed E-state index contributed by atoms with van der Waals surface area (Å²) in [7, 11) is 0. The summed E-state index contributed by atoms with van der Waals surface area (Å²) in [5, 5.41) is 0. The van der Waals surface area contributed by atoms with E-state index in [9.17, 15) is 0 Å². The summed E-state index contributed by atoms with van der Waals surface area (Å²) in [5.74, 6) is 0. The maximum Gasteiger partial charge on any atom is 0.0626 e. The lowest BCUT2D eigenvalue weighted by Gasteiger charge is -2.14. The molecule has 158 valence electrons. The minimum absolute atomic E-state index is 0.606. The Bertz CT molecular complexity index is 839. The third kappa shape index (κ3) is 8.28. The van der Waals surface area contributed by atoms with E-state index in [0.29, 0.717) is 12.1 Å². The molecule has 0 aromatic heterocycles. The van der Waals surface area contributed by atoms with Crippen molar-refractivity contribution in [2.24, 2.45) is 0 Å². The summed E-state index contributed by atoms with van der Waals surface area (Å²) in [6.07, 6.45) is 1.71. The molecule has 0 unspecified atom stereocenters. The zero-order chi connectivity index (χ0) is 24.0. The lowest BCUT2D eigenvalue weighted by Crippen LogP contribution is -2.00. The second kappa shape index (κ2) is 15.6. The smallest absolute Gasteiger partial charge is 0.0626 e. The topological polar surface area (TPSA) is 0 Å². The average molecular weight is 395 g/mol. The second-order valence-electron chi connectivity index (χ2n) is 6.20. The van der Waals surface area contributed by atoms with Crippen molar-refractivity contribution in [3.8, 4) is 0 Å². The van der Waals surface area contributed by atoms with Crippen molar-refractivity contribution in [1.29, 1.82) is 0 Å². The first-order valence-corrected chi connectivity index (χ1v) is 11.1. The Balaban J connectivity index is 0.00000138. The molecular formula is C29H42. The van der Waals surface area contributed by atoms with Gasteiger partial charge in [-0.2, -0.15) is 0 Å². The molecule has 0 aliphatic heterocycles. The van der Waals surface area contributed by atoms with Crippen LogP contribution in [0.5, 0.6) is 0 Å². The van der Waals surface area contributed by atoms with Gasteiger partial charge in [0.25, 0.3) is 0 Å². The minimum Gasteiger partial charge on any atom is -0.0683 e. The van der Waals surface area contributed by atoms with Gasteiger partial charge in [0.05, 0.1) is 2.74 Å². The first kappa shape index (κ1) is 22.9. The van der Waals surface area contributed by atoms with Crippen LogP contribution in [0.2, 0.25) is 0 Å². The van der Waals surface area contributed by atoms with Crippen LogP contribution in [0, 0.1) is 20.8 Å². The van der Waals surface area contributed by atoms with Gasteiger partial charge in [0, 0.05) is 0 Å². The highest BCUT2D eigenvalue weighted by molar-refractivity contribution is 5.42. The van der Waals surface area contributed by atoms with Crippen molar-refractivity contribution < 1.29 is 2.74 Å². The van der Waals surface area contributed by atoms with Gasteiger partial charge in [0.2, 0.25) is 0 Å². The van der Waals surface area contributed by atoms with E-state index in [1.807, 2.05) is 79.7 Å². The summed E-state index contributed by atoms with van der Waals surface area (Å²) in [6, 6.07) is 19.6. The number of benzene rings is 3. The SMILES string of the molecule is CC.CC.CC.[3H]c1cccc(Cc2cccc(Cc3cccc([3H])c3C)c2C)c1C. The predicted molar refractivity (Wildman–Crippen MR) is 133 cm³/mol. The minimum atomic E-state index is 0.606. The molecule has 3 rings (SSSR count). The largest absolute Gasteiger partial charge is 0.0683 e. The second-order valence-corrected chi connectivity index (χ2v) is 6.20. The third-order valence-electron chi connectivity index (χ3n) is 4.67. The quantitative estimate of drug-likeness (QED) is 0.414. The van der Waals surface area contributed by atoms with Crippen LogP contribution >= 0.6 is 0 Å². The van der Waals surface area contributed by atoms with E-state index in [4.69, 9.17) is 2.74 Å². The van der Waals surface area contributed by atoms with Gasteiger partial charge in [-0.15, -0.1) is 0 Å². The molecule has 0 aliphatic rings. The molecule has 0 saturated carbocycles. The van der Waals surface area contributed by atoms with E-state index in [2.05, 4.69) is 37.3 Å². The predicted octanol–water partition coefficient (Wildman–Crippen LogP) is 8.87. The highest BCUT2D eigenvalue weighted by Gasteiger charge is 2.08. The molecule has 0 fully saturated rings. The van der Waals surface area contributed by atoms with Crippen LogP contribution in [0.15, 0.2) is 66.7 Å². The van der Waals surface area contributed by atoms with E-state index >= 15 is 0 Å². The van der Waals surface area contributed by atoms with Crippen LogP contribution < -0.4 is 0 Å². The van der Waals surface area contributed by atoms with E-state index in [1.54, 1.807) is 0 Å². The van der Waals surface area contributed by atoms with Crippen LogP contribution in [0.1, 0.15) is 83.2 Å². The Labute approximate surface area is 183 Å². The van der Waals surface area contributed by atoms with Crippen LogP contribution in [0.4, 0.5) is 0 Å². The molecule has 0 radical (unpaired) electrons. The summed E-state index contributed by atoms with van der Waals surface area (Å²) in [6.45, 7) is 18.2. The van der Waals surface area contributed by atoms with E-state index in [0.717, 1.165) is 24.0 Å². The van der Waals surface area contributed by atoms with Gasteiger partial charge in [-0.3, -0.25) is 0 Å². The van der Waals surface area contributed by atoms with Crippen molar-refractivity contribution in [3.05, 3.63) is 106 Å². The van der Waals surface area contributed by atoms with Crippen molar-refractivity contribution >= 4 is 0 Å². The van der Waals surface area contributed by atoms with Crippen LogP contribution in [0.3, 0.4) is 0 Å². The zero-order valence-electron chi connectivity index (χ0n) is 22.1. The first-order valence-electron chi connectivity index (χ1n) is 12.1. The Morgan fingerprint density at radius 3 is 1.24 bits per heavy atom. The fourth-order valence-corrected chi connectivity index (χ4v) is 3.02. The first-order chi connectivity index (χ1) is 15.0. The molecule has 0 bridgehead atoms. The number of hydrogen-bond donors (Lipinski definition) is 0. The van der Waals surface area contributed by atoms with Crippen molar-refractivity contribution in [3.63, 3.8) is 0 Å². The Morgan fingerprint density at radius 2 is 0.862 bits per heavy atom. The maximum absolute atomic E-state index is 8.00. The maximum atomic E-state index is 8.00. The summed E-state index contributed by atoms with van der Waals surface area (Å²) in [5.41, 5.74) is 8.49. The molecule has 0 saturated heterocycles. The fourth-order valence-electron chi connectivity index (χ4n) is 3.02. The highest BCUT2D eigenvalue weighted by Crippen LogP contribution is 2.22. The fraction of sp³-hybridized carbons (Fsp3) is 0.379. The molecule has 0 heteroatoms. The van der Waals surface area contributed by atoms with Gasteiger partial charge in [-0.25, -0.2) is 0 Å². The average Bonchev–Trinajstić information content (AvgIpc) is 2.81. The molecule has 0 aliphatic carbocycles. The number of rotatable bonds is 4. The lowest BCUT2D eigenvalue weighted by atomic mass is 9.91. The van der Waals surface area contributed by atoms with Gasteiger partial charge < -0.3 is 0 Å². The molecule has 3 aromatic carbocycles. The van der Waals surface area contributed by atoms with Crippen LogP contribution in [0.25, 0.3) is 0 Å². The molecule has 0 atom stereocenters. The Kier molecular flexibility index (Phi) is 12.3. The van der Waals surface area contributed by atoms with E-state index in [-0.39, 0.29) is 0 Å². The van der Waals surface area contributed by atoms with Crippen LogP contribution in [-0.4, -0.2) is 0 Å². The summed E-state index contributed by atoms with van der Waals surface area (Å²) < 4.78 is 16.0. The molecular weight excluding hydrogens is 348 g/mol. The molecule has 0 N–H and O–H groups in total.